The molecule has 0 unspecified atom stereocenters. The number of benzene rings is 2. The van der Waals surface area contributed by atoms with Crippen LogP contribution in [0.3, 0.4) is 0 Å². The molecule has 2 aromatic carbocycles. The van der Waals surface area contributed by atoms with Gasteiger partial charge in [-0.05, 0) is 18.1 Å². The van der Waals surface area contributed by atoms with Crippen molar-refractivity contribution in [1.82, 2.24) is 4.98 Å². The van der Waals surface area contributed by atoms with Gasteiger partial charge in [0.2, 0.25) is 0 Å². The third-order valence-electron chi connectivity index (χ3n) is 3.39. The minimum atomic E-state index is 0.0865. The van der Waals surface area contributed by atoms with Crippen LogP contribution in [0.4, 0.5) is 0 Å². The molecule has 1 N–H and O–H groups in total. The van der Waals surface area contributed by atoms with Crippen LogP contribution in [0.5, 0.6) is 0 Å². The molecule has 3 aromatic rings. The maximum absolute atomic E-state index is 12.1. The van der Waals surface area contributed by atoms with Gasteiger partial charge in [0.25, 0.3) is 0 Å². The van der Waals surface area contributed by atoms with Gasteiger partial charge in [-0.25, -0.2) is 0 Å². The van der Waals surface area contributed by atoms with Crippen LogP contribution in [0.15, 0.2) is 59.4 Å². The quantitative estimate of drug-likeness (QED) is 0.737. The zero-order valence-electron chi connectivity index (χ0n) is 10.8. The van der Waals surface area contributed by atoms with Crippen LogP contribution in [0, 0.1) is 0 Å². The molecule has 0 atom stereocenters. The number of aromatic nitrogens is 1. The van der Waals surface area contributed by atoms with Gasteiger partial charge in [-0.15, -0.1) is 0 Å². The van der Waals surface area contributed by atoms with Crippen LogP contribution in [0.2, 0.25) is 0 Å². The second kappa shape index (κ2) is 4.73. The third-order valence-corrected chi connectivity index (χ3v) is 3.39. The van der Waals surface area contributed by atoms with Gasteiger partial charge in [0.15, 0.2) is 5.43 Å². The molecular weight excluding hydrogens is 234 g/mol. The van der Waals surface area contributed by atoms with E-state index in [9.17, 15) is 4.79 Å². The monoisotopic (exact) mass is 249 g/mol. The van der Waals surface area contributed by atoms with Crippen molar-refractivity contribution in [3.8, 4) is 11.1 Å². The Morgan fingerprint density at radius 3 is 2.53 bits per heavy atom. The van der Waals surface area contributed by atoms with Gasteiger partial charge in [0, 0.05) is 22.7 Å². The molecule has 0 aliphatic heterocycles. The predicted molar refractivity (Wildman–Crippen MR) is 79.4 cm³/mol. The molecule has 0 aliphatic carbocycles. The number of pyridine rings is 1. The van der Waals surface area contributed by atoms with Gasteiger partial charge in [0.1, 0.15) is 0 Å². The fourth-order valence-corrected chi connectivity index (χ4v) is 2.37. The van der Waals surface area contributed by atoms with E-state index in [4.69, 9.17) is 0 Å². The van der Waals surface area contributed by atoms with Crippen LogP contribution in [-0.4, -0.2) is 4.98 Å². The smallest absolute Gasteiger partial charge is 0.189 e. The fraction of sp³-hybridized carbons (Fsp3) is 0.118. The number of nitrogens with one attached hydrogen (secondary N) is 1. The maximum Gasteiger partial charge on any atom is 0.189 e. The van der Waals surface area contributed by atoms with Crippen molar-refractivity contribution in [2.24, 2.45) is 0 Å². The number of aromatic amines is 1. The van der Waals surface area contributed by atoms with E-state index in [0.29, 0.717) is 0 Å². The van der Waals surface area contributed by atoms with Crippen molar-refractivity contribution in [3.05, 3.63) is 70.5 Å². The Bertz CT molecular complexity index is 772. The van der Waals surface area contributed by atoms with E-state index < -0.39 is 0 Å². The Kier molecular flexibility index (Phi) is 2.92. The average molecular weight is 249 g/mol. The van der Waals surface area contributed by atoms with Gasteiger partial charge in [-0.3, -0.25) is 4.79 Å². The zero-order chi connectivity index (χ0) is 13.2. The highest BCUT2D eigenvalue weighted by Crippen LogP contribution is 2.25. The standard InChI is InChI=1S/C17H15NO/c1-2-13-11-16(19)15-10-6-9-14(17(15)18-13)12-7-4-3-5-8-12/h3-11H,2H2,1H3,(H,18,19). The molecular formula is C17H15NO. The van der Waals surface area contributed by atoms with E-state index in [0.717, 1.165) is 34.1 Å². The van der Waals surface area contributed by atoms with Crippen LogP contribution < -0.4 is 5.43 Å². The van der Waals surface area contributed by atoms with Crippen LogP contribution in [0.1, 0.15) is 12.6 Å². The van der Waals surface area contributed by atoms with Crippen LogP contribution in [0.25, 0.3) is 22.0 Å². The predicted octanol–water partition coefficient (Wildman–Crippen LogP) is 3.76. The Balaban J connectivity index is 2.37. The Morgan fingerprint density at radius 1 is 1.00 bits per heavy atom. The summed E-state index contributed by atoms with van der Waals surface area (Å²) in [4.78, 5) is 15.5. The minimum absolute atomic E-state index is 0.0865. The highest BCUT2D eigenvalue weighted by Gasteiger charge is 2.07. The molecule has 1 heterocycles. The van der Waals surface area contributed by atoms with Crippen molar-refractivity contribution in [2.45, 2.75) is 13.3 Å². The summed E-state index contributed by atoms with van der Waals surface area (Å²) in [5.41, 5.74) is 4.19. The summed E-state index contributed by atoms with van der Waals surface area (Å²) in [5, 5.41) is 0.749. The molecule has 0 aliphatic rings. The van der Waals surface area contributed by atoms with Crippen molar-refractivity contribution < 1.29 is 0 Å². The van der Waals surface area contributed by atoms with E-state index in [1.165, 1.54) is 0 Å². The summed E-state index contributed by atoms with van der Waals surface area (Å²) >= 11 is 0. The van der Waals surface area contributed by atoms with Gasteiger partial charge < -0.3 is 4.98 Å². The Labute approximate surface area is 111 Å². The molecule has 2 nitrogen and oxygen atoms in total. The second-order valence-corrected chi connectivity index (χ2v) is 4.61. The largest absolute Gasteiger partial charge is 0.358 e. The lowest BCUT2D eigenvalue weighted by atomic mass is 10.0. The van der Waals surface area contributed by atoms with Gasteiger partial charge in [-0.2, -0.15) is 0 Å². The van der Waals surface area contributed by atoms with E-state index >= 15 is 0 Å². The first-order chi connectivity index (χ1) is 9.29. The summed E-state index contributed by atoms with van der Waals surface area (Å²) < 4.78 is 0. The Morgan fingerprint density at radius 2 is 1.79 bits per heavy atom. The van der Waals surface area contributed by atoms with E-state index in [1.54, 1.807) is 6.07 Å². The van der Waals surface area contributed by atoms with E-state index in [1.807, 2.05) is 43.3 Å². The summed E-state index contributed by atoms with van der Waals surface area (Å²) in [5.74, 6) is 0. The number of hydrogen-bond donors (Lipinski definition) is 1. The molecule has 2 heteroatoms. The lowest BCUT2D eigenvalue weighted by Crippen LogP contribution is -2.05. The van der Waals surface area contributed by atoms with E-state index in [2.05, 4.69) is 17.1 Å². The first kappa shape index (κ1) is 11.7. The highest BCUT2D eigenvalue weighted by atomic mass is 16.1. The molecule has 19 heavy (non-hydrogen) atoms. The second-order valence-electron chi connectivity index (χ2n) is 4.61. The first-order valence-corrected chi connectivity index (χ1v) is 6.50. The first-order valence-electron chi connectivity index (χ1n) is 6.50. The SMILES string of the molecule is CCc1cc(=O)c2cccc(-c3ccccc3)c2[nH]1. The molecule has 3 rings (SSSR count). The van der Waals surface area contributed by atoms with Crippen molar-refractivity contribution in [3.63, 3.8) is 0 Å². The molecule has 0 spiro atoms. The lowest BCUT2D eigenvalue weighted by molar-refractivity contribution is 1.05. The summed E-state index contributed by atoms with van der Waals surface area (Å²) in [6, 6.07) is 17.7. The molecule has 0 radical (unpaired) electrons. The summed E-state index contributed by atoms with van der Waals surface area (Å²) in [7, 11) is 0. The summed E-state index contributed by atoms with van der Waals surface area (Å²) in [6.07, 6.45) is 0.828. The maximum atomic E-state index is 12.1. The molecule has 0 amide bonds. The molecule has 0 bridgehead atoms. The van der Waals surface area contributed by atoms with Crippen molar-refractivity contribution >= 4 is 10.9 Å². The number of hydrogen-bond acceptors (Lipinski definition) is 1. The highest BCUT2D eigenvalue weighted by molar-refractivity contribution is 5.93. The van der Waals surface area contributed by atoms with Gasteiger partial charge in [-0.1, -0.05) is 49.4 Å². The van der Waals surface area contributed by atoms with Crippen molar-refractivity contribution in [2.75, 3.05) is 0 Å². The minimum Gasteiger partial charge on any atom is -0.358 e. The topological polar surface area (TPSA) is 32.9 Å². The molecule has 0 saturated heterocycles. The number of para-hydroxylation sites is 1. The number of aryl methyl sites for hydroxylation is 1. The fourth-order valence-electron chi connectivity index (χ4n) is 2.37. The number of H-pyrrole nitrogens is 1. The molecule has 0 saturated carbocycles. The van der Waals surface area contributed by atoms with E-state index in [-0.39, 0.29) is 5.43 Å². The number of rotatable bonds is 2. The van der Waals surface area contributed by atoms with Gasteiger partial charge in [0.05, 0.1) is 5.52 Å². The average Bonchev–Trinajstić information content (AvgIpc) is 2.47. The van der Waals surface area contributed by atoms with Gasteiger partial charge >= 0.3 is 0 Å². The van der Waals surface area contributed by atoms with Crippen LogP contribution in [-0.2, 0) is 6.42 Å². The van der Waals surface area contributed by atoms with Crippen molar-refractivity contribution in [1.29, 1.82) is 0 Å². The number of fused-ring (bicyclic) bond motifs is 1. The molecule has 0 fully saturated rings. The molecule has 94 valence electrons. The Hall–Kier alpha value is -2.35. The normalized spacial score (nSPS) is 10.8. The zero-order valence-corrected chi connectivity index (χ0v) is 10.8. The summed E-state index contributed by atoms with van der Waals surface area (Å²) in [6.45, 7) is 2.04. The third kappa shape index (κ3) is 2.06. The molecule has 1 aromatic heterocycles. The lowest BCUT2D eigenvalue weighted by Gasteiger charge is -2.08. The van der Waals surface area contributed by atoms with Crippen LogP contribution >= 0.6 is 0 Å².